The quantitative estimate of drug-likeness (QED) is 0.823. The van der Waals surface area contributed by atoms with Gasteiger partial charge in [-0.2, -0.15) is 0 Å². The highest BCUT2D eigenvalue weighted by atomic mass is 16.2. The van der Waals surface area contributed by atoms with E-state index < -0.39 is 0 Å². The number of carbonyl (C=O) groups excluding carboxylic acids is 2. The fraction of sp³-hybridized carbons (Fsp3) is 0.417. The van der Waals surface area contributed by atoms with Crippen molar-refractivity contribution in [1.29, 1.82) is 0 Å². The summed E-state index contributed by atoms with van der Waals surface area (Å²) in [6, 6.07) is 15.7. The van der Waals surface area contributed by atoms with Crippen molar-refractivity contribution in [2.24, 2.45) is 5.92 Å². The number of likely N-dealkylation sites (tertiary alicyclic amines) is 1. The molecular weight excluding hydrogens is 348 g/mol. The van der Waals surface area contributed by atoms with Crippen molar-refractivity contribution in [1.82, 2.24) is 10.2 Å². The third-order valence-corrected chi connectivity index (χ3v) is 5.59. The average molecular weight is 379 g/mol. The Bertz CT molecular complexity index is 796. The van der Waals surface area contributed by atoms with E-state index in [-0.39, 0.29) is 11.8 Å². The minimum Gasteiger partial charge on any atom is -0.352 e. The lowest BCUT2D eigenvalue weighted by atomic mass is 9.97. The van der Waals surface area contributed by atoms with Crippen LogP contribution >= 0.6 is 0 Å². The first-order valence-corrected chi connectivity index (χ1v) is 10.4. The van der Waals surface area contributed by atoms with Crippen LogP contribution in [0.3, 0.4) is 0 Å². The van der Waals surface area contributed by atoms with Crippen LogP contribution in [0.25, 0.3) is 0 Å². The molecule has 0 saturated carbocycles. The number of nitrogens with zero attached hydrogens (tertiary/aromatic N) is 1. The molecule has 1 saturated heterocycles. The summed E-state index contributed by atoms with van der Waals surface area (Å²) >= 11 is 0. The molecule has 2 amide bonds. The van der Waals surface area contributed by atoms with Gasteiger partial charge in [0.15, 0.2) is 0 Å². The van der Waals surface area contributed by atoms with Gasteiger partial charge in [0.05, 0.1) is 0 Å². The molecule has 0 unspecified atom stereocenters. The minimum atomic E-state index is -0.0405. The highest BCUT2D eigenvalue weighted by Gasteiger charge is 2.24. The van der Waals surface area contributed by atoms with E-state index in [2.05, 4.69) is 19.2 Å². The third kappa shape index (κ3) is 5.00. The van der Waals surface area contributed by atoms with Gasteiger partial charge < -0.3 is 10.2 Å². The Morgan fingerprint density at radius 2 is 1.50 bits per heavy atom. The highest BCUT2D eigenvalue weighted by Crippen LogP contribution is 2.19. The second-order valence-electron chi connectivity index (χ2n) is 7.57. The summed E-state index contributed by atoms with van der Waals surface area (Å²) in [4.78, 5) is 27.1. The highest BCUT2D eigenvalue weighted by molar-refractivity contribution is 5.95. The largest absolute Gasteiger partial charge is 0.352 e. The van der Waals surface area contributed by atoms with Gasteiger partial charge in [-0.1, -0.05) is 38.1 Å². The molecule has 0 radical (unpaired) electrons. The number of nitrogens with one attached hydrogen (secondary N) is 1. The van der Waals surface area contributed by atoms with Gasteiger partial charge in [0, 0.05) is 30.8 Å². The second-order valence-corrected chi connectivity index (χ2v) is 7.57. The standard InChI is InChI=1S/C24H30N2O2/c1-3-18-7-11-21(12-8-18)23(27)25-16-20-6-5-15-26(17-20)24(28)22-13-9-19(4-2)10-14-22/h7-14,20H,3-6,15-17H2,1-2H3,(H,25,27)/t20-/m0/s1. The van der Waals surface area contributed by atoms with Crippen molar-refractivity contribution in [2.75, 3.05) is 19.6 Å². The van der Waals surface area contributed by atoms with Gasteiger partial charge in [-0.15, -0.1) is 0 Å². The van der Waals surface area contributed by atoms with Gasteiger partial charge >= 0.3 is 0 Å². The summed E-state index contributed by atoms with van der Waals surface area (Å²) in [5.41, 5.74) is 3.91. The van der Waals surface area contributed by atoms with Crippen molar-refractivity contribution < 1.29 is 9.59 Å². The van der Waals surface area contributed by atoms with Gasteiger partial charge in [-0.05, 0) is 67.0 Å². The van der Waals surface area contributed by atoms with Crippen LogP contribution < -0.4 is 5.32 Å². The van der Waals surface area contributed by atoms with Crippen molar-refractivity contribution >= 4 is 11.8 Å². The maximum Gasteiger partial charge on any atom is 0.253 e. The van der Waals surface area contributed by atoms with E-state index in [4.69, 9.17) is 0 Å². The lowest BCUT2D eigenvalue weighted by Gasteiger charge is -2.33. The molecule has 2 aromatic carbocycles. The fourth-order valence-corrected chi connectivity index (χ4v) is 3.71. The predicted octanol–water partition coefficient (Wildman–Crippen LogP) is 4.09. The van der Waals surface area contributed by atoms with Crippen molar-refractivity contribution in [3.05, 3.63) is 70.8 Å². The molecule has 148 valence electrons. The van der Waals surface area contributed by atoms with Crippen LogP contribution in [-0.4, -0.2) is 36.3 Å². The molecule has 0 aromatic heterocycles. The molecule has 1 atom stereocenters. The Kier molecular flexibility index (Phi) is 6.85. The van der Waals surface area contributed by atoms with Crippen LogP contribution in [0, 0.1) is 5.92 Å². The predicted molar refractivity (Wildman–Crippen MR) is 113 cm³/mol. The first kappa shape index (κ1) is 20.1. The molecule has 1 aliphatic rings. The average Bonchev–Trinajstić information content (AvgIpc) is 2.77. The van der Waals surface area contributed by atoms with E-state index in [1.165, 1.54) is 11.1 Å². The number of rotatable bonds is 6. The van der Waals surface area contributed by atoms with E-state index in [9.17, 15) is 9.59 Å². The van der Waals surface area contributed by atoms with Crippen LogP contribution in [0.15, 0.2) is 48.5 Å². The molecule has 1 N–H and O–H groups in total. The SMILES string of the molecule is CCc1ccc(C(=O)NC[C@@H]2CCCN(C(=O)c3ccc(CC)cc3)C2)cc1. The number of aryl methyl sites for hydroxylation is 2. The van der Waals surface area contributed by atoms with Crippen LogP contribution in [-0.2, 0) is 12.8 Å². The summed E-state index contributed by atoms with van der Waals surface area (Å²) in [7, 11) is 0. The zero-order chi connectivity index (χ0) is 19.9. The number of piperidine rings is 1. The lowest BCUT2D eigenvalue weighted by molar-refractivity contribution is 0.0671. The molecule has 0 spiro atoms. The van der Waals surface area contributed by atoms with Crippen LogP contribution in [0.5, 0.6) is 0 Å². The smallest absolute Gasteiger partial charge is 0.253 e. The molecule has 4 nitrogen and oxygen atoms in total. The number of amides is 2. The molecular formula is C24H30N2O2. The monoisotopic (exact) mass is 378 g/mol. The molecule has 28 heavy (non-hydrogen) atoms. The minimum absolute atomic E-state index is 0.0405. The maximum atomic E-state index is 12.8. The number of hydrogen-bond donors (Lipinski definition) is 1. The van der Waals surface area contributed by atoms with Gasteiger partial charge in [-0.25, -0.2) is 0 Å². The molecule has 2 aromatic rings. The maximum absolute atomic E-state index is 12.8. The van der Waals surface area contributed by atoms with E-state index in [0.717, 1.165) is 37.8 Å². The summed E-state index contributed by atoms with van der Waals surface area (Å²) in [5.74, 6) is 0.349. The fourth-order valence-electron chi connectivity index (χ4n) is 3.71. The summed E-state index contributed by atoms with van der Waals surface area (Å²) < 4.78 is 0. The van der Waals surface area contributed by atoms with E-state index in [1.54, 1.807) is 0 Å². The Morgan fingerprint density at radius 3 is 2.07 bits per heavy atom. The van der Waals surface area contributed by atoms with Gasteiger partial charge in [0.2, 0.25) is 0 Å². The Balaban J connectivity index is 1.53. The number of carbonyl (C=O) groups is 2. The van der Waals surface area contributed by atoms with E-state index in [0.29, 0.717) is 24.6 Å². The Hall–Kier alpha value is -2.62. The molecule has 0 aliphatic carbocycles. The van der Waals surface area contributed by atoms with Crippen LogP contribution in [0.4, 0.5) is 0 Å². The van der Waals surface area contributed by atoms with Crippen molar-refractivity contribution in [3.63, 3.8) is 0 Å². The Labute approximate surface area is 167 Å². The normalized spacial score (nSPS) is 16.6. The first-order chi connectivity index (χ1) is 13.6. The molecule has 1 fully saturated rings. The zero-order valence-electron chi connectivity index (χ0n) is 16.9. The molecule has 4 heteroatoms. The van der Waals surface area contributed by atoms with Gasteiger partial charge in [0.1, 0.15) is 0 Å². The summed E-state index contributed by atoms with van der Waals surface area (Å²) in [6.07, 6.45) is 3.95. The van der Waals surface area contributed by atoms with E-state index >= 15 is 0 Å². The molecule has 3 rings (SSSR count). The van der Waals surface area contributed by atoms with Crippen LogP contribution in [0.2, 0.25) is 0 Å². The molecule has 1 heterocycles. The van der Waals surface area contributed by atoms with Crippen LogP contribution in [0.1, 0.15) is 58.5 Å². The molecule has 0 bridgehead atoms. The lowest BCUT2D eigenvalue weighted by Crippen LogP contribution is -2.43. The van der Waals surface area contributed by atoms with Gasteiger partial charge in [0.25, 0.3) is 11.8 Å². The number of benzene rings is 2. The second kappa shape index (κ2) is 9.54. The molecule has 1 aliphatic heterocycles. The third-order valence-electron chi connectivity index (χ3n) is 5.59. The van der Waals surface area contributed by atoms with E-state index in [1.807, 2.05) is 53.4 Å². The zero-order valence-corrected chi connectivity index (χ0v) is 16.9. The summed E-state index contributed by atoms with van der Waals surface area (Å²) in [6.45, 7) is 6.30. The van der Waals surface area contributed by atoms with Crippen molar-refractivity contribution in [3.8, 4) is 0 Å². The topological polar surface area (TPSA) is 49.4 Å². The van der Waals surface area contributed by atoms with Gasteiger partial charge in [-0.3, -0.25) is 9.59 Å². The number of hydrogen-bond acceptors (Lipinski definition) is 2. The van der Waals surface area contributed by atoms with Crippen molar-refractivity contribution in [2.45, 2.75) is 39.5 Å². The Morgan fingerprint density at radius 1 is 0.929 bits per heavy atom. The summed E-state index contributed by atoms with van der Waals surface area (Å²) in [5, 5.41) is 3.04. The first-order valence-electron chi connectivity index (χ1n) is 10.4.